The Morgan fingerprint density at radius 2 is 1.64 bits per heavy atom. The van der Waals surface area contributed by atoms with Gasteiger partial charge in [0.25, 0.3) is 5.91 Å². The highest BCUT2D eigenvalue weighted by molar-refractivity contribution is 6.00. The summed E-state index contributed by atoms with van der Waals surface area (Å²) in [6.45, 7) is 1.52. The van der Waals surface area contributed by atoms with Crippen LogP contribution in [0.5, 0.6) is 11.5 Å². The van der Waals surface area contributed by atoms with Crippen molar-refractivity contribution in [1.82, 2.24) is 15.1 Å². The average Bonchev–Trinajstić information content (AvgIpc) is 3.67. The number of likely N-dealkylation sites (tertiary alicyclic amines) is 2. The molecule has 10 nitrogen and oxygen atoms in total. The molecule has 1 saturated carbocycles. The lowest BCUT2D eigenvalue weighted by Gasteiger charge is -2.25. The molecule has 3 aromatic carbocycles. The van der Waals surface area contributed by atoms with E-state index >= 15 is 0 Å². The summed E-state index contributed by atoms with van der Waals surface area (Å²) in [5, 5.41) is 20.1. The van der Waals surface area contributed by atoms with Crippen molar-refractivity contribution in [2.45, 2.75) is 70.1 Å². The van der Waals surface area contributed by atoms with Crippen molar-refractivity contribution < 1.29 is 25.3 Å². The lowest BCUT2D eigenvalue weighted by molar-refractivity contribution is -0.129. The first-order valence-electron chi connectivity index (χ1n) is 15.5. The molecule has 45 heavy (non-hydrogen) atoms. The predicted octanol–water partition coefficient (Wildman–Crippen LogP) is 5.64. The zero-order chi connectivity index (χ0) is 31.3. The van der Waals surface area contributed by atoms with Crippen LogP contribution < -0.4 is 10.1 Å². The number of nitrogens with zero attached hydrogens (tertiary/aromatic N) is 2. The summed E-state index contributed by atoms with van der Waals surface area (Å²) in [5.41, 5.74) is 2.76. The quantitative estimate of drug-likeness (QED) is 0.191. The van der Waals surface area contributed by atoms with Gasteiger partial charge in [0.15, 0.2) is 5.90 Å². The SMILES string of the molecule is N=C(CC1CCC(=O)N1Cc1ccccc1)OC(=N)c1ccc(CN2CCCC2=O)c(Oc2ccc(C(=O)NC3CC3)cc2)c1.[HH]. The molecule has 10 heteroatoms. The first kappa shape index (κ1) is 30.1. The summed E-state index contributed by atoms with van der Waals surface area (Å²) < 4.78 is 11.9. The molecule has 3 aliphatic rings. The van der Waals surface area contributed by atoms with Crippen molar-refractivity contribution in [3.05, 3.63) is 95.1 Å². The van der Waals surface area contributed by atoms with E-state index < -0.39 is 0 Å². The van der Waals surface area contributed by atoms with Gasteiger partial charge in [0.05, 0.1) is 0 Å². The van der Waals surface area contributed by atoms with Crippen LogP contribution in [0.25, 0.3) is 0 Å². The zero-order valence-corrected chi connectivity index (χ0v) is 25.1. The standard InChI is InChI=1S/C35H37N5O5.H2/c36-31(20-28-14-17-33(42)40(28)21-23-5-2-1-3-6-23)45-34(37)25-8-9-26(22-39-18-4-7-32(39)41)30(19-25)44-29-15-10-24(11-16-29)35(43)38-27-12-13-27;/h1-3,5-6,8-11,15-16,19,27-28,36-37H,4,7,12-14,17-18,20-22H2,(H,38,43);1H. The molecule has 2 heterocycles. The molecule has 0 spiro atoms. The molecule has 3 fully saturated rings. The highest BCUT2D eigenvalue weighted by Gasteiger charge is 2.32. The maximum absolute atomic E-state index is 12.6. The van der Waals surface area contributed by atoms with E-state index in [1.54, 1.807) is 46.2 Å². The topological polar surface area (TPSA) is 136 Å². The van der Waals surface area contributed by atoms with Crippen LogP contribution in [-0.4, -0.2) is 57.9 Å². The first-order valence-corrected chi connectivity index (χ1v) is 15.5. The van der Waals surface area contributed by atoms with Crippen LogP contribution in [-0.2, 0) is 27.4 Å². The van der Waals surface area contributed by atoms with Crippen molar-refractivity contribution in [2.24, 2.45) is 0 Å². The third-order valence-corrected chi connectivity index (χ3v) is 8.41. The van der Waals surface area contributed by atoms with Gasteiger partial charge in [-0.25, -0.2) is 0 Å². The van der Waals surface area contributed by atoms with Gasteiger partial charge in [-0.3, -0.25) is 25.2 Å². The molecule has 2 saturated heterocycles. The summed E-state index contributed by atoms with van der Waals surface area (Å²) in [7, 11) is 0. The second kappa shape index (κ2) is 13.3. The summed E-state index contributed by atoms with van der Waals surface area (Å²) in [4.78, 5) is 40.9. The Labute approximate surface area is 263 Å². The van der Waals surface area contributed by atoms with E-state index in [0.717, 1.165) is 30.4 Å². The van der Waals surface area contributed by atoms with Crippen molar-refractivity contribution in [3.63, 3.8) is 0 Å². The number of amides is 3. The first-order chi connectivity index (χ1) is 21.8. The Balaban J connectivity index is 0.00000417. The zero-order valence-electron chi connectivity index (χ0n) is 25.1. The van der Waals surface area contributed by atoms with E-state index in [-0.39, 0.29) is 49.4 Å². The fourth-order valence-electron chi connectivity index (χ4n) is 5.74. The maximum atomic E-state index is 12.6. The molecule has 234 valence electrons. The molecular weight excluding hydrogens is 570 g/mol. The summed E-state index contributed by atoms with van der Waals surface area (Å²) in [5.74, 6) is 0.694. The molecule has 2 aliphatic heterocycles. The van der Waals surface area contributed by atoms with E-state index in [4.69, 9.17) is 20.3 Å². The van der Waals surface area contributed by atoms with E-state index in [1.165, 1.54) is 0 Å². The molecule has 3 aromatic rings. The van der Waals surface area contributed by atoms with Gasteiger partial charge in [-0.1, -0.05) is 36.4 Å². The van der Waals surface area contributed by atoms with Crippen LogP contribution in [0, 0.1) is 10.8 Å². The normalized spacial score (nSPS) is 17.8. The van der Waals surface area contributed by atoms with E-state index in [2.05, 4.69) is 5.32 Å². The van der Waals surface area contributed by atoms with Crippen molar-refractivity contribution in [1.29, 1.82) is 10.8 Å². The van der Waals surface area contributed by atoms with Crippen molar-refractivity contribution in [2.75, 3.05) is 6.54 Å². The van der Waals surface area contributed by atoms with Crippen LogP contribution in [0.4, 0.5) is 0 Å². The molecule has 0 aromatic heterocycles. The van der Waals surface area contributed by atoms with Gasteiger partial charge in [0, 0.05) is 69.1 Å². The minimum Gasteiger partial charge on any atom is -0.457 e. The number of rotatable bonds is 11. The van der Waals surface area contributed by atoms with Gasteiger partial charge >= 0.3 is 0 Å². The number of ether oxygens (including phenoxy) is 2. The molecule has 1 unspecified atom stereocenters. The van der Waals surface area contributed by atoms with Gasteiger partial charge in [0.2, 0.25) is 17.7 Å². The molecule has 3 N–H and O–H groups in total. The van der Waals surface area contributed by atoms with Gasteiger partial charge in [-0.2, -0.15) is 0 Å². The Morgan fingerprint density at radius 1 is 0.889 bits per heavy atom. The molecule has 3 amide bonds. The molecular formula is C35H39N5O5. The molecule has 0 radical (unpaired) electrons. The lowest BCUT2D eigenvalue weighted by atomic mass is 10.1. The fourth-order valence-corrected chi connectivity index (χ4v) is 5.74. The number of carbonyl (C=O) groups is 3. The predicted molar refractivity (Wildman–Crippen MR) is 170 cm³/mol. The Bertz CT molecular complexity index is 1610. The van der Waals surface area contributed by atoms with Gasteiger partial charge in [-0.15, -0.1) is 0 Å². The number of nitrogens with one attached hydrogen (secondary N) is 3. The van der Waals surface area contributed by atoms with Crippen LogP contribution in [0.15, 0.2) is 72.8 Å². The Hall–Kier alpha value is -4.99. The monoisotopic (exact) mass is 609 g/mol. The van der Waals surface area contributed by atoms with Crippen LogP contribution in [0.3, 0.4) is 0 Å². The van der Waals surface area contributed by atoms with Crippen LogP contribution >= 0.6 is 0 Å². The number of benzene rings is 3. The van der Waals surface area contributed by atoms with Gasteiger partial charge in [-0.05, 0) is 67.6 Å². The summed E-state index contributed by atoms with van der Waals surface area (Å²) >= 11 is 0. The highest BCUT2D eigenvalue weighted by atomic mass is 16.5. The van der Waals surface area contributed by atoms with Crippen LogP contribution in [0.1, 0.15) is 73.4 Å². The highest BCUT2D eigenvalue weighted by Crippen LogP contribution is 2.30. The van der Waals surface area contributed by atoms with E-state index in [0.29, 0.717) is 61.5 Å². The Morgan fingerprint density at radius 3 is 2.36 bits per heavy atom. The lowest BCUT2D eigenvalue weighted by Crippen LogP contribution is -2.34. The molecule has 1 atom stereocenters. The summed E-state index contributed by atoms with van der Waals surface area (Å²) in [6.07, 6.45) is 4.62. The van der Waals surface area contributed by atoms with E-state index in [9.17, 15) is 14.4 Å². The smallest absolute Gasteiger partial charge is 0.251 e. The third kappa shape index (κ3) is 7.57. The van der Waals surface area contributed by atoms with Gasteiger partial charge < -0.3 is 24.6 Å². The molecule has 0 bridgehead atoms. The number of hydrogen-bond acceptors (Lipinski definition) is 7. The molecule has 1 aliphatic carbocycles. The maximum Gasteiger partial charge on any atom is 0.251 e. The number of carbonyl (C=O) groups excluding carboxylic acids is 3. The largest absolute Gasteiger partial charge is 0.457 e. The number of hydrogen-bond donors (Lipinski definition) is 3. The minimum atomic E-state index is -0.209. The van der Waals surface area contributed by atoms with E-state index in [1.807, 2.05) is 36.4 Å². The van der Waals surface area contributed by atoms with Crippen molar-refractivity contribution >= 4 is 29.5 Å². The second-order valence-electron chi connectivity index (χ2n) is 11.9. The summed E-state index contributed by atoms with van der Waals surface area (Å²) in [6, 6.07) is 21.9. The second-order valence-corrected chi connectivity index (χ2v) is 11.9. The van der Waals surface area contributed by atoms with Gasteiger partial charge in [0.1, 0.15) is 11.5 Å². The molecule has 6 rings (SSSR count). The minimum absolute atomic E-state index is 0. The van der Waals surface area contributed by atoms with Crippen molar-refractivity contribution in [3.8, 4) is 11.5 Å². The Kier molecular flexibility index (Phi) is 8.91. The van der Waals surface area contributed by atoms with Crippen LogP contribution in [0.2, 0.25) is 0 Å². The average molecular weight is 610 g/mol. The third-order valence-electron chi connectivity index (χ3n) is 8.41. The fraction of sp³-hybridized carbons (Fsp3) is 0.343.